The van der Waals surface area contributed by atoms with Crippen LogP contribution < -0.4 is 4.74 Å². The van der Waals surface area contributed by atoms with Crippen LogP contribution in [0.3, 0.4) is 0 Å². The zero-order chi connectivity index (χ0) is 14.2. The highest BCUT2D eigenvalue weighted by Gasteiger charge is 2.31. The van der Waals surface area contributed by atoms with Crippen molar-refractivity contribution in [3.8, 4) is 5.75 Å². The van der Waals surface area contributed by atoms with Crippen molar-refractivity contribution in [2.45, 2.75) is 25.5 Å². The number of halogens is 1. The van der Waals surface area contributed by atoms with Crippen LogP contribution in [0.5, 0.6) is 5.75 Å². The molecule has 1 unspecified atom stereocenters. The predicted molar refractivity (Wildman–Crippen MR) is 80.4 cm³/mol. The van der Waals surface area contributed by atoms with Crippen molar-refractivity contribution in [2.75, 3.05) is 13.7 Å². The smallest absolute Gasteiger partial charge is 0.324 e. The van der Waals surface area contributed by atoms with E-state index in [1.54, 1.807) is 6.92 Å². The van der Waals surface area contributed by atoms with Crippen LogP contribution in [-0.2, 0) is 9.53 Å². The van der Waals surface area contributed by atoms with E-state index in [4.69, 9.17) is 4.74 Å². The fourth-order valence-electron chi connectivity index (χ4n) is 1.03. The van der Waals surface area contributed by atoms with Gasteiger partial charge in [-0.25, -0.2) is 0 Å². The summed E-state index contributed by atoms with van der Waals surface area (Å²) < 4.78 is 10.1. The number of carbonyl (C=O) groups excluding carboxylic acids is 1. The minimum absolute atomic E-state index is 0.157. The zero-order valence-corrected chi connectivity index (χ0v) is 13.5. The summed E-state index contributed by atoms with van der Waals surface area (Å²) >= 11 is 7.53. The van der Waals surface area contributed by atoms with Crippen molar-refractivity contribution < 1.29 is 14.3 Å². The molecule has 0 heterocycles. The Morgan fingerprint density at radius 1 is 1.33 bits per heavy atom. The maximum Gasteiger partial charge on any atom is 0.324 e. The molecular weight excluding hydrogens is 316 g/mol. The highest BCUT2D eigenvalue weighted by atomic mass is 79.9. The molecule has 0 aliphatic heterocycles. The Balaban J connectivity index is 0.00000137. The normalized spacial score (nSPS) is 12.8. The van der Waals surface area contributed by atoms with E-state index < -0.39 is 10.7 Å². The second-order valence-electron chi connectivity index (χ2n) is 3.51. The van der Waals surface area contributed by atoms with E-state index in [0.29, 0.717) is 5.75 Å². The standard InChI is InChI=1S/C11H13BrO3S.C2H6/c1-11(16,10(13)14-2)7-15-9-5-3-8(12)4-6-9;1-2/h3-6,16H,7H2,1-2H3;1-2H3. The van der Waals surface area contributed by atoms with Crippen molar-refractivity contribution >= 4 is 34.5 Å². The van der Waals surface area contributed by atoms with E-state index >= 15 is 0 Å². The molecule has 102 valence electrons. The lowest BCUT2D eigenvalue weighted by Crippen LogP contribution is -2.36. The van der Waals surface area contributed by atoms with Crippen LogP contribution in [0, 0.1) is 0 Å². The number of rotatable bonds is 4. The number of ether oxygens (including phenoxy) is 2. The van der Waals surface area contributed by atoms with E-state index in [1.807, 2.05) is 38.1 Å². The second kappa shape index (κ2) is 8.43. The number of esters is 1. The van der Waals surface area contributed by atoms with Crippen LogP contribution in [0.4, 0.5) is 0 Å². The third-order valence-electron chi connectivity index (χ3n) is 1.96. The van der Waals surface area contributed by atoms with E-state index in [0.717, 1.165) is 4.47 Å². The van der Waals surface area contributed by atoms with Gasteiger partial charge >= 0.3 is 5.97 Å². The lowest BCUT2D eigenvalue weighted by Gasteiger charge is -2.20. The van der Waals surface area contributed by atoms with Gasteiger partial charge in [0.1, 0.15) is 17.1 Å². The van der Waals surface area contributed by atoms with Gasteiger partial charge in [0.15, 0.2) is 0 Å². The molecule has 5 heteroatoms. The Bertz CT molecular complexity index is 363. The first kappa shape index (κ1) is 17.3. The van der Waals surface area contributed by atoms with Gasteiger partial charge < -0.3 is 9.47 Å². The molecule has 1 atom stereocenters. The Labute approximate surface area is 122 Å². The van der Waals surface area contributed by atoms with E-state index in [2.05, 4.69) is 33.3 Å². The zero-order valence-electron chi connectivity index (χ0n) is 11.1. The number of benzene rings is 1. The monoisotopic (exact) mass is 334 g/mol. The van der Waals surface area contributed by atoms with Crippen LogP contribution in [-0.4, -0.2) is 24.4 Å². The molecule has 0 saturated carbocycles. The van der Waals surface area contributed by atoms with Crippen molar-refractivity contribution in [3.05, 3.63) is 28.7 Å². The number of carbonyl (C=O) groups is 1. The Kier molecular flexibility index (Phi) is 8.11. The summed E-state index contributed by atoms with van der Waals surface area (Å²) in [7, 11) is 1.33. The average molecular weight is 335 g/mol. The average Bonchev–Trinajstić information content (AvgIpc) is 2.39. The van der Waals surface area contributed by atoms with Gasteiger partial charge in [-0.2, -0.15) is 12.6 Å². The molecule has 0 saturated heterocycles. The van der Waals surface area contributed by atoms with Gasteiger partial charge in [0, 0.05) is 4.47 Å². The fourth-order valence-corrected chi connectivity index (χ4v) is 1.45. The van der Waals surface area contributed by atoms with Gasteiger partial charge in [-0.15, -0.1) is 0 Å². The number of methoxy groups -OCH3 is 1. The summed E-state index contributed by atoms with van der Waals surface area (Å²) in [4.78, 5) is 11.3. The van der Waals surface area contributed by atoms with Gasteiger partial charge in [-0.05, 0) is 31.2 Å². The SMILES string of the molecule is CC.COC(=O)C(C)(S)COc1ccc(Br)cc1. The van der Waals surface area contributed by atoms with Crippen molar-refractivity contribution in [1.82, 2.24) is 0 Å². The first-order chi connectivity index (χ1) is 8.45. The number of hydrogen-bond donors (Lipinski definition) is 1. The van der Waals surface area contributed by atoms with Gasteiger partial charge in [0.2, 0.25) is 0 Å². The molecule has 0 aromatic heterocycles. The molecular formula is C13H19BrO3S. The molecule has 0 fully saturated rings. The molecule has 1 aromatic carbocycles. The Hall–Kier alpha value is -0.680. The lowest BCUT2D eigenvalue weighted by molar-refractivity contribution is -0.143. The van der Waals surface area contributed by atoms with Crippen molar-refractivity contribution in [3.63, 3.8) is 0 Å². The summed E-state index contributed by atoms with van der Waals surface area (Å²) in [6, 6.07) is 7.35. The van der Waals surface area contributed by atoms with Gasteiger partial charge in [-0.3, -0.25) is 4.79 Å². The predicted octanol–water partition coefficient (Wildman–Crippen LogP) is 3.72. The molecule has 0 radical (unpaired) electrons. The van der Waals surface area contributed by atoms with Crippen LogP contribution in [0.1, 0.15) is 20.8 Å². The molecule has 18 heavy (non-hydrogen) atoms. The van der Waals surface area contributed by atoms with Crippen molar-refractivity contribution in [1.29, 1.82) is 0 Å². The van der Waals surface area contributed by atoms with Gasteiger partial charge in [0.25, 0.3) is 0 Å². The summed E-state index contributed by atoms with van der Waals surface area (Å²) in [5, 5.41) is 0. The molecule has 1 rings (SSSR count). The second-order valence-corrected chi connectivity index (χ2v) is 5.41. The van der Waals surface area contributed by atoms with E-state index in [1.165, 1.54) is 7.11 Å². The Morgan fingerprint density at radius 2 is 1.83 bits per heavy atom. The minimum Gasteiger partial charge on any atom is -0.492 e. The summed E-state index contributed by atoms with van der Waals surface area (Å²) in [6.07, 6.45) is 0. The molecule has 0 N–H and O–H groups in total. The van der Waals surface area contributed by atoms with E-state index in [9.17, 15) is 4.79 Å². The maximum absolute atomic E-state index is 11.3. The minimum atomic E-state index is -0.943. The largest absolute Gasteiger partial charge is 0.492 e. The third-order valence-corrected chi connectivity index (χ3v) is 2.80. The molecule has 0 amide bonds. The van der Waals surface area contributed by atoms with Gasteiger partial charge in [0.05, 0.1) is 7.11 Å². The van der Waals surface area contributed by atoms with Crippen molar-refractivity contribution in [2.24, 2.45) is 0 Å². The first-order valence-electron chi connectivity index (χ1n) is 5.65. The Morgan fingerprint density at radius 3 is 2.28 bits per heavy atom. The maximum atomic E-state index is 11.3. The first-order valence-corrected chi connectivity index (χ1v) is 6.89. The van der Waals surface area contributed by atoms with Crippen LogP contribution in [0.2, 0.25) is 0 Å². The molecule has 0 aliphatic rings. The topological polar surface area (TPSA) is 35.5 Å². The molecule has 0 aliphatic carbocycles. The van der Waals surface area contributed by atoms with Gasteiger partial charge in [-0.1, -0.05) is 29.8 Å². The third kappa shape index (κ3) is 5.78. The number of thiol groups is 1. The lowest BCUT2D eigenvalue weighted by atomic mass is 10.2. The van der Waals surface area contributed by atoms with E-state index in [-0.39, 0.29) is 6.61 Å². The van der Waals surface area contributed by atoms with Crippen LogP contribution in [0.25, 0.3) is 0 Å². The summed E-state index contributed by atoms with van der Waals surface area (Å²) in [6.45, 7) is 5.81. The molecule has 0 spiro atoms. The molecule has 1 aromatic rings. The summed E-state index contributed by atoms with van der Waals surface area (Å²) in [5.41, 5.74) is 0. The summed E-state index contributed by atoms with van der Waals surface area (Å²) in [5.74, 6) is 0.278. The number of hydrogen-bond acceptors (Lipinski definition) is 4. The highest BCUT2D eigenvalue weighted by Crippen LogP contribution is 2.20. The van der Waals surface area contributed by atoms with Crippen LogP contribution in [0.15, 0.2) is 28.7 Å². The molecule has 3 nitrogen and oxygen atoms in total. The molecule has 0 bridgehead atoms. The fraction of sp³-hybridized carbons (Fsp3) is 0.462. The highest BCUT2D eigenvalue weighted by molar-refractivity contribution is 9.10. The van der Waals surface area contributed by atoms with Crippen LogP contribution >= 0.6 is 28.6 Å². The quantitative estimate of drug-likeness (QED) is 0.673.